The van der Waals surface area contributed by atoms with E-state index in [2.05, 4.69) is 54.5 Å². The third-order valence-electron chi connectivity index (χ3n) is 6.59. The van der Waals surface area contributed by atoms with Crippen LogP contribution in [-0.4, -0.2) is 16.3 Å². The van der Waals surface area contributed by atoms with Crippen molar-refractivity contribution in [3.8, 4) is 11.1 Å². The molecule has 3 aromatic rings. The van der Waals surface area contributed by atoms with Crippen LogP contribution in [0.25, 0.3) is 22.0 Å². The van der Waals surface area contributed by atoms with Crippen LogP contribution in [0.15, 0.2) is 42.6 Å². The van der Waals surface area contributed by atoms with Gasteiger partial charge in [0.05, 0.1) is 16.5 Å². The molecule has 0 atom stereocenters. The Morgan fingerprint density at radius 2 is 1.71 bits per heavy atom. The fourth-order valence-corrected chi connectivity index (χ4v) is 5.26. The Labute approximate surface area is 166 Å². The number of para-hydroxylation sites is 1. The van der Waals surface area contributed by atoms with E-state index in [9.17, 15) is 4.79 Å². The Balaban J connectivity index is 1.84. The molecule has 5 rings (SSSR count). The summed E-state index contributed by atoms with van der Waals surface area (Å²) in [5.74, 6) is 0.246. The molecule has 0 amide bonds. The quantitative estimate of drug-likeness (QED) is 0.620. The van der Waals surface area contributed by atoms with E-state index in [-0.39, 0.29) is 5.78 Å². The molecule has 0 spiro atoms. The maximum Gasteiger partial charge on any atom is 0.167 e. The number of aromatic nitrogens is 1. The van der Waals surface area contributed by atoms with E-state index in [1.165, 1.54) is 33.3 Å². The van der Waals surface area contributed by atoms with Crippen molar-refractivity contribution < 1.29 is 4.79 Å². The third kappa shape index (κ3) is 2.28. The van der Waals surface area contributed by atoms with Crippen molar-refractivity contribution in [3.63, 3.8) is 0 Å². The highest BCUT2D eigenvalue weighted by molar-refractivity contribution is 6.04. The molecule has 2 aromatic carbocycles. The van der Waals surface area contributed by atoms with Gasteiger partial charge in [-0.2, -0.15) is 0 Å². The molecule has 28 heavy (non-hydrogen) atoms. The number of ketones is 1. The van der Waals surface area contributed by atoms with Crippen LogP contribution in [0, 0.1) is 0 Å². The summed E-state index contributed by atoms with van der Waals surface area (Å²) >= 11 is 0. The second kappa shape index (κ2) is 5.66. The number of benzene rings is 2. The van der Waals surface area contributed by atoms with Gasteiger partial charge in [0.15, 0.2) is 5.78 Å². The molecule has 0 radical (unpaired) electrons. The first kappa shape index (κ1) is 17.4. The lowest BCUT2D eigenvalue weighted by atomic mass is 9.68. The molecular formula is C25H26N2O. The van der Waals surface area contributed by atoms with Crippen LogP contribution in [-0.2, 0) is 23.1 Å². The number of carbonyl (C=O) groups excluding carboxylic acids is 1. The van der Waals surface area contributed by atoms with E-state index in [1.807, 2.05) is 26.1 Å². The standard InChI is InChI=1S/C25H26N2O/c1-24(2)20-14-19(16-12-13-26-21-11-6-5-8-17(16)21)15-9-7-10-18(15)22(20)27-25(3,4)23(24)28/h5-6,8,11-14,27H,7,9-10H2,1-4H3. The normalized spacial score (nSPS) is 19.2. The first-order valence-electron chi connectivity index (χ1n) is 10.2. The van der Waals surface area contributed by atoms with Crippen molar-refractivity contribution in [1.29, 1.82) is 0 Å². The number of hydrogen-bond acceptors (Lipinski definition) is 3. The Kier molecular flexibility index (Phi) is 3.52. The van der Waals surface area contributed by atoms with E-state index in [0.717, 1.165) is 30.3 Å². The molecule has 1 aromatic heterocycles. The number of fused-ring (bicyclic) bond motifs is 4. The molecule has 0 saturated heterocycles. The van der Waals surface area contributed by atoms with Gasteiger partial charge in [-0.05, 0) is 93.0 Å². The number of pyridine rings is 1. The topological polar surface area (TPSA) is 42.0 Å². The second-order valence-corrected chi connectivity index (χ2v) is 9.24. The molecule has 1 aliphatic heterocycles. The van der Waals surface area contributed by atoms with Gasteiger partial charge >= 0.3 is 0 Å². The summed E-state index contributed by atoms with van der Waals surface area (Å²) in [7, 11) is 0. The molecule has 2 aliphatic rings. The fraction of sp³-hybridized carbons (Fsp3) is 0.360. The molecule has 0 saturated carbocycles. The first-order valence-corrected chi connectivity index (χ1v) is 10.2. The van der Waals surface area contributed by atoms with Crippen LogP contribution < -0.4 is 5.32 Å². The van der Waals surface area contributed by atoms with Crippen molar-refractivity contribution in [1.82, 2.24) is 4.98 Å². The number of Topliss-reactive ketones (excluding diaryl/α,β-unsaturated/α-hetero) is 1. The molecule has 2 heterocycles. The molecule has 142 valence electrons. The Morgan fingerprint density at radius 1 is 0.964 bits per heavy atom. The molecule has 1 N–H and O–H groups in total. The van der Waals surface area contributed by atoms with Gasteiger partial charge in [0.25, 0.3) is 0 Å². The predicted octanol–water partition coefficient (Wildman–Crippen LogP) is 5.44. The van der Waals surface area contributed by atoms with E-state index >= 15 is 0 Å². The van der Waals surface area contributed by atoms with Gasteiger partial charge in [0.2, 0.25) is 0 Å². The zero-order valence-corrected chi connectivity index (χ0v) is 17.0. The summed E-state index contributed by atoms with van der Waals surface area (Å²) in [6, 6.07) is 12.7. The smallest absolute Gasteiger partial charge is 0.167 e. The van der Waals surface area contributed by atoms with E-state index in [1.54, 1.807) is 0 Å². The lowest BCUT2D eigenvalue weighted by Gasteiger charge is -2.43. The number of rotatable bonds is 1. The molecule has 0 fully saturated rings. The zero-order chi connectivity index (χ0) is 19.7. The minimum atomic E-state index is -0.544. The zero-order valence-electron chi connectivity index (χ0n) is 17.0. The van der Waals surface area contributed by atoms with Crippen LogP contribution >= 0.6 is 0 Å². The van der Waals surface area contributed by atoms with Crippen LogP contribution in [0.1, 0.15) is 50.8 Å². The lowest BCUT2D eigenvalue weighted by Crippen LogP contribution is -2.53. The highest BCUT2D eigenvalue weighted by atomic mass is 16.1. The van der Waals surface area contributed by atoms with E-state index in [4.69, 9.17) is 0 Å². The lowest BCUT2D eigenvalue weighted by molar-refractivity contribution is -0.127. The Bertz CT molecular complexity index is 1140. The SMILES string of the molecule is CC1(C)Nc2c(cc(-c3ccnc4ccccc34)c3c2CCC3)C(C)(C)C1=O. The monoisotopic (exact) mass is 370 g/mol. The van der Waals surface area contributed by atoms with E-state index in [0.29, 0.717) is 0 Å². The van der Waals surface area contributed by atoms with Crippen molar-refractivity contribution in [2.45, 2.75) is 57.9 Å². The number of hydrogen-bond donors (Lipinski definition) is 1. The summed E-state index contributed by atoms with van der Waals surface area (Å²) < 4.78 is 0. The van der Waals surface area contributed by atoms with Gasteiger partial charge in [-0.25, -0.2) is 0 Å². The third-order valence-corrected chi connectivity index (χ3v) is 6.59. The summed E-state index contributed by atoms with van der Waals surface area (Å²) in [6.07, 6.45) is 5.22. The average Bonchev–Trinajstić information content (AvgIpc) is 3.16. The van der Waals surface area contributed by atoms with Crippen molar-refractivity contribution >= 4 is 22.4 Å². The van der Waals surface area contributed by atoms with Gasteiger partial charge in [0.1, 0.15) is 0 Å². The maximum absolute atomic E-state index is 13.2. The second-order valence-electron chi connectivity index (χ2n) is 9.24. The average molecular weight is 370 g/mol. The van der Waals surface area contributed by atoms with Crippen LogP contribution in [0.4, 0.5) is 5.69 Å². The maximum atomic E-state index is 13.2. The molecule has 3 nitrogen and oxygen atoms in total. The summed E-state index contributed by atoms with van der Waals surface area (Å²) in [5, 5.41) is 4.77. The Hall–Kier alpha value is -2.68. The van der Waals surface area contributed by atoms with E-state index < -0.39 is 11.0 Å². The van der Waals surface area contributed by atoms with Crippen LogP contribution in [0.2, 0.25) is 0 Å². The summed E-state index contributed by atoms with van der Waals surface area (Å²) in [5.41, 5.74) is 7.62. The van der Waals surface area contributed by atoms with Crippen LogP contribution in [0.3, 0.4) is 0 Å². The fourth-order valence-electron chi connectivity index (χ4n) is 5.26. The highest BCUT2D eigenvalue weighted by Gasteiger charge is 2.47. The van der Waals surface area contributed by atoms with Crippen molar-refractivity contribution in [3.05, 3.63) is 59.3 Å². The Morgan fingerprint density at radius 3 is 2.54 bits per heavy atom. The van der Waals surface area contributed by atoms with Gasteiger partial charge in [-0.1, -0.05) is 18.2 Å². The minimum absolute atomic E-state index is 0.246. The molecule has 0 unspecified atom stereocenters. The largest absolute Gasteiger partial charge is 0.373 e. The van der Waals surface area contributed by atoms with Crippen LogP contribution in [0.5, 0.6) is 0 Å². The number of nitrogens with one attached hydrogen (secondary N) is 1. The molecule has 0 bridgehead atoms. The molecule has 3 heteroatoms. The van der Waals surface area contributed by atoms with Crippen molar-refractivity contribution in [2.24, 2.45) is 0 Å². The number of nitrogens with zero attached hydrogens (tertiary/aromatic N) is 1. The van der Waals surface area contributed by atoms with Gasteiger partial charge < -0.3 is 5.32 Å². The van der Waals surface area contributed by atoms with Gasteiger partial charge in [-0.15, -0.1) is 0 Å². The predicted molar refractivity (Wildman–Crippen MR) is 115 cm³/mol. The summed E-state index contributed by atoms with van der Waals surface area (Å²) in [6.45, 7) is 8.16. The highest BCUT2D eigenvalue weighted by Crippen LogP contribution is 2.48. The summed E-state index contributed by atoms with van der Waals surface area (Å²) in [4.78, 5) is 17.8. The first-order chi connectivity index (χ1) is 13.3. The molecule has 1 aliphatic carbocycles. The van der Waals surface area contributed by atoms with Crippen molar-refractivity contribution in [2.75, 3.05) is 5.32 Å². The number of anilines is 1. The molecular weight excluding hydrogens is 344 g/mol. The minimum Gasteiger partial charge on any atom is -0.373 e. The van der Waals surface area contributed by atoms with Gasteiger partial charge in [-0.3, -0.25) is 9.78 Å². The number of carbonyl (C=O) groups is 1. The van der Waals surface area contributed by atoms with Gasteiger partial charge in [0, 0.05) is 17.3 Å².